The van der Waals surface area contributed by atoms with E-state index in [1.54, 1.807) is 0 Å². The lowest BCUT2D eigenvalue weighted by Crippen LogP contribution is -2.00. The van der Waals surface area contributed by atoms with Crippen molar-refractivity contribution in [2.45, 2.75) is 0 Å². The summed E-state index contributed by atoms with van der Waals surface area (Å²) in [6, 6.07) is 3.78. The third kappa shape index (κ3) is 2.66. The van der Waals surface area contributed by atoms with Gasteiger partial charge in [-0.15, -0.1) is 0 Å². The third-order valence-corrected chi connectivity index (χ3v) is 3.67. The van der Waals surface area contributed by atoms with Gasteiger partial charge in [-0.25, -0.2) is 9.18 Å². The fourth-order valence-electron chi connectivity index (χ4n) is 1.46. The van der Waals surface area contributed by atoms with Crippen LogP contribution in [0.4, 0.5) is 4.39 Å². The molecule has 0 aliphatic rings. The summed E-state index contributed by atoms with van der Waals surface area (Å²) in [6.07, 6.45) is 1.04. The molecule has 98 valence electrons. The molecule has 1 N–H and O–H groups in total. The highest BCUT2D eigenvalue weighted by Gasteiger charge is 2.16. The van der Waals surface area contributed by atoms with Gasteiger partial charge < -0.3 is 5.11 Å². The minimum absolute atomic E-state index is 0.0589. The molecule has 0 unspecified atom stereocenters. The fourth-order valence-corrected chi connectivity index (χ4v) is 2.09. The van der Waals surface area contributed by atoms with Gasteiger partial charge in [0.1, 0.15) is 11.5 Å². The van der Waals surface area contributed by atoms with Crippen molar-refractivity contribution in [3.63, 3.8) is 0 Å². The lowest BCUT2D eigenvalue weighted by atomic mass is 10.1. The van der Waals surface area contributed by atoms with E-state index in [2.05, 4.69) is 4.98 Å². The summed E-state index contributed by atoms with van der Waals surface area (Å²) in [7, 11) is 0. The smallest absolute Gasteiger partial charge is 0.337 e. The molecule has 7 heteroatoms. The van der Waals surface area contributed by atoms with Gasteiger partial charge in [-0.05, 0) is 18.2 Å². The van der Waals surface area contributed by atoms with Crippen LogP contribution in [-0.4, -0.2) is 16.1 Å². The van der Waals surface area contributed by atoms with Gasteiger partial charge in [-0.1, -0.05) is 34.8 Å². The molecular formula is C12H5Cl3FNO2. The van der Waals surface area contributed by atoms with Crippen LogP contribution >= 0.6 is 34.8 Å². The van der Waals surface area contributed by atoms with Crippen molar-refractivity contribution in [3.8, 4) is 11.3 Å². The number of carboxylic acids is 1. The molecule has 2 rings (SSSR count). The van der Waals surface area contributed by atoms with Gasteiger partial charge in [0.15, 0.2) is 0 Å². The maximum Gasteiger partial charge on any atom is 0.337 e. The number of hydrogen-bond donors (Lipinski definition) is 1. The topological polar surface area (TPSA) is 50.2 Å². The Hall–Kier alpha value is -1.36. The predicted molar refractivity (Wildman–Crippen MR) is 71.6 cm³/mol. The second kappa shape index (κ2) is 5.33. The molecule has 0 aliphatic heterocycles. The number of pyridine rings is 1. The normalized spacial score (nSPS) is 10.5. The van der Waals surface area contributed by atoms with Gasteiger partial charge in [0.05, 0.1) is 20.6 Å². The molecule has 0 radical (unpaired) electrons. The van der Waals surface area contributed by atoms with Crippen molar-refractivity contribution >= 4 is 40.8 Å². The lowest BCUT2D eigenvalue weighted by molar-refractivity contribution is 0.0696. The minimum atomic E-state index is -1.27. The van der Waals surface area contributed by atoms with E-state index in [-0.39, 0.29) is 31.9 Å². The van der Waals surface area contributed by atoms with Crippen molar-refractivity contribution in [1.29, 1.82) is 0 Å². The monoisotopic (exact) mass is 319 g/mol. The first-order chi connectivity index (χ1) is 8.91. The van der Waals surface area contributed by atoms with E-state index >= 15 is 0 Å². The molecule has 19 heavy (non-hydrogen) atoms. The van der Waals surface area contributed by atoms with Gasteiger partial charge >= 0.3 is 5.97 Å². The molecule has 0 amide bonds. The van der Waals surface area contributed by atoms with E-state index in [1.165, 1.54) is 12.1 Å². The first-order valence-electron chi connectivity index (χ1n) is 4.94. The van der Waals surface area contributed by atoms with Crippen molar-refractivity contribution in [2.24, 2.45) is 0 Å². The average Bonchev–Trinajstić information content (AvgIpc) is 2.37. The van der Waals surface area contributed by atoms with Crippen LogP contribution in [0.25, 0.3) is 11.3 Å². The van der Waals surface area contributed by atoms with Gasteiger partial charge in [-0.2, -0.15) is 0 Å². The summed E-state index contributed by atoms with van der Waals surface area (Å²) in [5.41, 5.74) is -0.100. The Morgan fingerprint density at radius 2 is 1.89 bits per heavy atom. The molecule has 1 aromatic carbocycles. The van der Waals surface area contributed by atoms with Gasteiger partial charge in [-0.3, -0.25) is 4.98 Å². The molecule has 1 aromatic heterocycles. The number of carboxylic acid groups (broad SMARTS) is 1. The summed E-state index contributed by atoms with van der Waals surface area (Å²) in [5, 5.41) is 9.12. The quantitative estimate of drug-likeness (QED) is 0.826. The van der Waals surface area contributed by atoms with E-state index in [0.29, 0.717) is 0 Å². The van der Waals surface area contributed by atoms with E-state index < -0.39 is 11.8 Å². The number of aromatic nitrogens is 1. The molecule has 0 saturated heterocycles. The Morgan fingerprint density at radius 1 is 1.21 bits per heavy atom. The highest BCUT2D eigenvalue weighted by Crippen LogP contribution is 2.38. The maximum absolute atomic E-state index is 13.8. The summed E-state index contributed by atoms with van der Waals surface area (Å²) < 4.78 is 13.8. The molecule has 0 fully saturated rings. The van der Waals surface area contributed by atoms with Gasteiger partial charge in [0, 0.05) is 11.8 Å². The highest BCUT2D eigenvalue weighted by molar-refractivity contribution is 6.49. The third-order valence-electron chi connectivity index (χ3n) is 2.38. The molecule has 0 spiro atoms. The minimum Gasteiger partial charge on any atom is -0.478 e. The number of benzene rings is 1. The van der Waals surface area contributed by atoms with E-state index in [1.807, 2.05) is 0 Å². The number of halogens is 4. The molecule has 0 bridgehead atoms. The number of nitrogens with zero attached hydrogens (tertiary/aromatic N) is 1. The Bertz CT molecular complexity index is 676. The zero-order valence-electron chi connectivity index (χ0n) is 9.12. The Morgan fingerprint density at radius 3 is 2.47 bits per heavy atom. The number of carbonyl (C=O) groups is 1. The first-order valence-corrected chi connectivity index (χ1v) is 6.08. The number of aromatic carboxylic acids is 1. The van der Waals surface area contributed by atoms with E-state index in [9.17, 15) is 9.18 Å². The second-order valence-corrected chi connectivity index (χ2v) is 4.75. The van der Waals surface area contributed by atoms with Crippen LogP contribution in [-0.2, 0) is 0 Å². The van der Waals surface area contributed by atoms with E-state index in [0.717, 1.165) is 12.3 Å². The summed E-state index contributed by atoms with van der Waals surface area (Å²) in [6.45, 7) is 0. The largest absolute Gasteiger partial charge is 0.478 e. The summed E-state index contributed by atoms with van der Waals surface area (Å²) >= 11 is 17.6. The first kappa shape index (κ1) is 14.1. The number of rotatable bonds is 2. The van der Waals surface area contributed by atoms with Crippen molar-refractivity contribution in [3.05, 3.63) is 50.8 Å². The SMILES string of the molecule is O=C(O)c1cnc(-c2ccc(Cl)c(Cl)c2Cl)c(F)c1. The van der Waals surface area contributed by atoms with Crippen molar-refractivity contribution in [1.82, 2.24) is 4.98 Å². The van der Waals surface area contributed by atoms with Crippen LogP contribution in [0.2, 0.25) is 15.1 Å². The maximum atomic E-state index is 13.8. The molecule has 3 nitrogen and oxygen atoms in total. The van der Waals surface area contributed by atoms with Crippen LogP contribution in [0.3, 0.4) is 0 Å². The second-order valence-electron chi connectivity index (χ2n) is 3.58. The number of hydrogen-bond acceptors (Lipinski definition) is 2. The zero-order valence-corrected chi connectivity index (χ0v) is 11.4. The van der Waals surface area contributed by atoms with Crippen LogP contribution in [0.5, 0.6) is 0 Å². The average molecular weight is 321 g/mol. The Kier molecular flexibility index (Phi) is 3.94. The van der Waals surface area contributed by atoms with Crippen LogP contribution in [0.15, 0.2) is 24.4 Å². The van der Waals surface area contributed by atoms with Gasteiger partial charge in [0.25, 0.3) is 0 Å². The predicted octanol–water partition coefficient (Wildman–Crippen LogP) is 4.55. The fraction of sp³-hybridized carbons (Fsp3) is 0. The Balaban J connectivity index is 2.60. The molecule has 0 aliphatic carbocycles. The zero-order chi connectivity index (χ0) is 14.2. The lowest BCUT2D eigenvalue weighted by Gasteiger charge is -2.08. The Labute approximate surface area is 122 Å². The van der Waals surface area contributed by atoms with Crippen LogP contribution in [0.1, 0.15) is 10.4 Å². The molecule has 1 heterocycles. The van der Waals surface area contributed by atoms with Crippen molar-refractivity contribution in [2.75, 3.05) is 0 Å². The highest BCUT2D eigenvalue weighted by atomic mass is 35.5. The standard InChI is InChI=1S/C12H5Cl3FNO2/c13-7-2-1-6(9(14)10(7)15)11-8(16)3-5(4-17-11)12(18)19/h1-4H,(H,18,19). The molecular weight excluding hydrogens is 315 g/mol. The molecule has 2 aromatic rings. The van der Waals surface area contributed by atoms with Crippen LogP contribution < -0.4 is 0 Å². The molecule has 0 saturated carbocycles. The summed E-state index contributed by atoms with van der Waals surface area (Å²) in [5.74, 6) is -2.07. The summed E-state index contributed by atoms with van der Waals surface area (Å²) in [4.78, 5) is 14.5. The molecule has 0 atom stereocenters. The van der Waals surface area contributed by atoms with Crippen molar-refractivity contribution < 1.29 is 14.3 Å². The van der Waals surface area contributed by atoms with Gasteiger partial charge in [0.2, 0.25) is 0 Å². The van der Waals surface area contributed by atoms with Crippen LogP contribution in [0, 0.1) is 5.82 Å². The van der Waals surface area contributed by atoms with E-state index in [4.69, 9.17) is 39.9 Å².